The molecule has 0 aliphatic carbocycles. The molecule has 0 unspecified atom stereocenters. The van der Waals surface area contributed by atoms with Gasteiger partial charge in [0, 0.05) is 11.8 Å². The molecule has 2 N–H and O–H groups in total. The minimum atomic E-state index is -3.78. The summed E-state index contributed by atoms with van der Waals surface area (Å²) in [5.74, 6) is 1.05. The molecule has 0 atom stereocenters. The van der Waals surface area contributed by atoms with Crippen molar-refractivity contribution in [2.45, 2.75) is 11.8 Å². The molecular formula is C16H16N2O6S. The molecule has 0 radical (unpaired) electrons. The van der Waals surface area contributed by atoms with E-state index in [0.29, 0.717) is 22.9 Å². The number of amides is 1. The summed E-state index contributed by atoms with van der Waals surface area (Å²) in [5, 5.41) is 2.49. The first-order valence-corrected chi connectivity index (χ1v) is 8.92. The molecule has 1 amide bonds. The highest BCUT2D eigenvalue weighted by Crippen LogP contribution is 2.34. The van der Waals surface area contributed by atoms with Crippen molar-refractivity contribution in [3.05, 3.63) is 42.5 Å². The molecule has 0 aromatic heterocycles. The summed E-state index contributed by atoms with van der Waals surface area (Å²) in [6.45, 7) is 2.05. The number of ether oxygens (including phenoxy) is 3. The van der Waals surface area contributed by atoms with Crippen LogP contribution in [0.1, 0.15) is 6.92 Å². The van der Waals surface area contributed by atoms with E-state index in [-0.39, 0.29) is 18.3 Å². The molecule has 1 aliphatic rings. The van der Waals surface area contributed by atoms with Crippen LogP contribution in [0.4, 0.5) is 16.2 Å². The average Bonchev–Trinajstić information content (AvgIpc) is 3.03. The maximum absolute atomic E-state index is 12.4. The predicted octanol–water partition coefficient (Wildman–Crippen LogP) is 2.78. The van der Waals surface area contributed by atoms with Crippen LogP contribution < -0.4 is 19.5 Å². The van der Waals surface area contributed by atoms with Gasteiger partial charge in [-0.2, -0.15) is 0 Å². The summed E-state index contributed by atoms with van der Waals surface area (Å²) in [7, 11) is -3.78. The highest BCUT2D eigenvalue weighted by molar-refractivity contribution is 7.92. The Hall–Kier alpha value is -2.94. The highest BCUT2D eigenvalue weighted by Gasteiger charge is 2.18. The smallest absolute Gasteiger partial charge is 0.411 e. The molecule has 1 heterocycles. The molecule has 0 saturated heterocycles. The second-order valence-corrected chi connectivity index (χ2v) is 6.73. The van der Waals surface area contributed by atoms with Crippen LogP contribution in [0.3, 0.4) is 0 Å². The second-order valence-electron chi connectivity index (χ2n) is 5.04. The lowest BCUT2D eigenvalue weighted by molar-refractivity contribution is 0.168. The number of benzene rings is 2. The molecule has 0 spiro atoms. The van der Waals surface area contributed by atoms with Crippen molar-refractivity contribution in [2.75, 3.05) is 23.4 Å². The molecule has 25 heavy (non-hydrogen) atoms. The molecule has 0 bridgehead atoms. The van der Waals surface area contributed by atoms with Crippen LogP contribution in [-0.4, -0.2) is 27.9 Å². The lowest BCUT2D eigenvalue weighted by Crippen LogP contribution is -2.14. The summed E-state index contributed by atoms with van der Waals surface area (Å²) in [6.07, 6.45) is -0.600. The third-order valence-electron chi connectivity index (χ3n) is 3.31. The van der Waals surface area contributed by atoms with Gasteiger partial charge >= 0.3 is 6.09 Å². The van der Waals surface area contributed by atoms with Crippen molar-refractivity contribution in [1.82, 2.24) is 0 Å². The Labute approximate surface area is 144 Å². The number of sulfonamides is 1. The predicted molar refractivity (Wildman–Crippen MR) is 90.5 cm³/mol. The number of nitrogens with one attached hydrogen (secondary N) is 2. The van der Waals surface area contributed by atoms with Gasteiger partial charge in [0.1, 0.15) is 0 Å². The van der Waals surface area contributed by atoms with Crippen LogP contribution in [-0.2, 0) is 14.8 Å². The van der Waals surface area contributed by atoms with Crippen LogP contribution in [0.2, 0.25) is 0 Å². The summed E-state index contributed by atoms with van der Waals surface area (Å²) < 4.78 is 42.5. The number of carbonyl (C=O) groups is 1. The van der Waals surface area contributed by atoms with Gasteiger partial charge in [-0.25, -0.2) is 13.2 Å². The van der Waals surface area contributed by atoms with Crippen molar-refractivity contribution in [1.29, 1.82) is 0 Å². The SMILES string of the molecule is CCOC(=O)Nc1ccc(S(=O)(=O)Nc2ccc3c(c2)OCO3)cc1. The van der Waals surface area contributed by atoms with E-state index >= 15 is 0 Å². The molecule has 0 fully saturated rings. The van der Waals surface area contributed by atoms with E-state index in [9.17, 15) is 13.2 Å². The number of carbonyl (C=O) groups excluding carboxylic acids is 1. The normalized spacial score (nSPS) is 12.5. The van der Waals surface area contributed by atoms with Gasteiger partial charge in [-0.15, -0.1) is 0 Å². The Kier molecular flexibility index (Phi) is 4.66. The van der Waals surface area contributed by atoms with Gasteiger partial charge < -0.3 is 14.2 Å². The van der Waals surface area contributed by atoms with E-state index in [1.54, 1.807) is 25.1 Å². The van der Waals surface area contributed by atoms with Gasteiger partial charge in [0.15, 0.2) is 11.5 Å². The van der Waals surface area contributed by atoms with E-state index in [2.05, 4.69) is 10.0 Å². The monoisotopic (exact) mass is 364 g/mol. The van der Waals surface area contributed by atoms with Gasteiger partial charge in [0.05, 0.1) is 17.2 Å². The topological polar surface area (TPSA) is 103 Å². The zero-order valence-electron chi connectivity index (χ0n) is 13.3. The first-order chi connectivity index (χ1) is 12.0. The van der Waals surface area contributed by atoms with Gasteiger partial charge in [-0.05, 0) is 43.3 Å². The van der Waals surface area contributed by atoms with Crippen LogP contribution in [0.5, 0.6) is 11.5 Å². The van der Waals surface area contributed by atoms with Gasteiger partial charge in [0.2, 0.25) is 6.79 Å². The summed E-state index contributed by atoms with van der Waals surface area (Å²) >= 11 is 0. The van der Waals surface area contributed by atoms with E-state index in [1.807, 2.05) is 0 Å². The third kappa shape index (κ3) is 3.94. The summed E-state index contributed by atoms with van der Waals surface area (Å²) in [6, 6.07) is 10.5. The van der Waals surface area contributed by atoms with Crippen molar-refractivity contribution >= 4 is 27.5 Å². The molecule has 132 valence electrons. The Morgan fingerprint density at radius 1 is 1.08 bits per heavy atom. The first kappa shape index (κ1) is 16.9. The standard InChI is InChI=1S/C16H16N2O6S/c1-2-22-16(19)17-11-3-6-13(7-4-11)25(20,21)18-12-5-8-14-15(9-12)24-10-23-14/h3-9,18H,2,10H2,1H3,(H,17,19). The van der Waals surface area contributed by atoms with Crippen molar-refractivity contribution < 1.29 is 27.4 Å². The largest absolute Gasteiger partial charge is 0.454 e. The first-order valence-electron chi connectivity index (χ1n) is 7.44. The molecule has 8 nitrogen and oxygen atoms in total. The quantitative estimate of drug-likeness (QED) is 0.846. The number of rotatable bonds is 5. The highest BCUT2D eigenvalue weighted by atomic mass is 32.2. The second kappa shape index (κ2) is 6.89. The van der Waals surface area contributed by atoms with Crippen molar-refractivity contribution in [3.8, 4) is 11.5 Å². The number of hydrogen-bond acceptors (Lipinski definition) is 6. The fourth-order valence-corrected chi connectivity index (χ4v) is 3.23. The van der Waals surface area contributed by atoms with Gasteiger partial charge in [0.25, 0.3) is 10.0 Å². The summed E-state index contributed by atoms with van der Waals surface area (Å²) in [5.41, 5.74) is 0.790. The van der Waals surface area contributed by atoms with E-state index < -0.39 is 16.1 Å². The van der Waals surface area contributed by atoms with Crippen LogP contribution in [0, 0.1) is 0 Å². The fraction of sp³-hybridized carbons (Fsp3) is 0.188. The van der Waals surface area contributed by atoms with Gasteiger partial charge in [-0.1, -0.05) is 0 Å². The zero-order chi connectivity index (χ0) is 17.9. The Morgan fingerprint density at radius 3 is 2.48 bits per heavy atom. The third-order valence-corrected chi connectivity index (χ3v) is 4.71. The minimum absolute atomic E-state index is 0.0552. The van der Waals surface area contributed by atoms with Crippen molar-refractivity contribution in [3.63, 3.8) is 0 Å². The van der Waals surface area contributed by atoms with Crippen LogP contribution >= 0.6 is 0 Å². The molecule has 3 rings (SSSR count). The van der Waals surface area contributed by atoms with E-state index in [4.69, 9.17) is 14.2 Å². The molecular weight excluding hydrogens is 348 g/mol. The van der Waals surface area contributed by atoms with Crippen molar-refractivity contribution in [2.24, 2.45) is 0 Å². The van der Waals surface area contributed by atoms with Gasteiger partial charge in [-0.3, -0.25) is 10.0 Å². The Balaban J connectivity index is 1.72. The number of hydrogen-bond donors (Lipinski definition) is 2. The van der Waals surface area contributed by atoms with Crippen LogP contribution in [0.15, 0.2) is 47.4 Å². The molecule has 0 saturated carbocycles. The lowest BCUT2D eigenvalue weighted by Gasteiger charge is -2.10. The van der Waals surface area contributed by atoms with E-state index in [1.165, 1.54) is 24.3 Å². The summed E-state index contributed by atoms with van der Waals surface area (Å²) in [4.78, 5) is 11.4. The minimum Gasteiger partial charge on any atom is -0.454 e. The Bertz CT molecular complexity index is 880. The number of fused-ring (bicyclic) bond motifs is 1. The fourth-order valence-electron chi connectivity index (χ4n) is 2.18. The lowest BCUT2D eigenvalue weighted by atomic mass is 10.3. The molecule has 1 aliphatic heterocycles. The molecule has 2 aromatic carbocycles. The van der Waals surface area contributed by atoms with Crippen LogP contribution in [0.25, 0.3) is 0 Å². The zero-order valence-corrected chi connectivity index (χ0v) is 14.1. The maximum Gasteiger partial charge on any atom is 0.411 e. The molecule has 9 heteroatoms. The van der Waals surface area contributed by atoms with E-state index in [0.717, 1.165) is 0 Å². The average molecular weight is 364 g/mol. The maximum atomic E-state index is 12.4. The molecule has 2 aromatic rings. The Morgan fingerprint density at radius 2 is 1.76 bits per heavy atom. The number of anilines is 2.